The van der Waals surface area contributed by atoms with Crippen LogP contribution in [0.25, 0.3) is 17.2 Å². The molecule has 0 aliphatic heterocycles. The van der Waals surface area contributed by atoms with E-state index in [0.29, 0.717) is 23.7 Å². The van der Waals surface area contributed by atoms with Gasteiger partial charge in [0.2, 0.25) is 13.6 Å². The number of rotatable bonds is 11. The molecule has 3 aromatic rings. The number of ether oxygens (including phenoxy) is 4. The molecule has 1 aromatic heterocycles. The predicted octanol–water partition coefficient (Wildman–Crippen LogP) is 9.04. The van der Waals surface area contributed by atoms with Crippen LogP contribution in [0, 0.1) is 5.41 Å². The molecule has 0 N–H and O–H groups in total. The Morgan fingerprint density at radius 2 is 1.26 bits per heavy atom. The first kappa shape index (κ1) is 39.5. The highest BCUT2D eigenvalue weighted by Gasteiger charge is 2.27. The number of hydrogen-bond donors (Lipinski definition) is 0. The molecule has 2 aromatic carbocycles. The van der Waals surface area contributed by atoms with Crippen LogP contribution in [0.1, 0.15) is 70.1 Å². The lowest BCUT2D eigenvalue weighted by Crippen LogP contribution is -2.27. The monoisotopic (exact) mass is 544 g/mol. The third-order valence-electron chi connectivity index (χ3n) is 5.25. The molecule has 3 rings (SSSR count). The van der Waals surface area contributed by atoms with Gasteiger partial charge in [0.05, 0.1) is 11.7 Å². The molecule has 7 nitrogen and oxygen atoms in total. The summed E-state index contributed by atoms with van der Waals surface area (Å²) in [7, 11) is 0. The summed E-state index contributed by atoms with van der Waals surface area (Å²) in [6, 6.07) is 18.3. The second-order valence-electron chi connectivity index (χ2n) is 8.05. The molecule has 0 aliphatic carbocycles. The minimum absolute atomic E-state index is 0. The summed E-state index contributed by atoms with van der Waals surface area (Å²) in [6.45, 7) is 5.30. The Morgan fingerprint density at radius 1 is 0.769 bits per heavy atom. The van der Waals surface area contributed by atoms with Gasteiger partial charge in [0.25, 0.3) is 0 Å². The number of furan rings is 1. The van der Waals surface area contributed by atoms with Gasteiger partial charge < -0.3 is 23.4 Å². The summed E-state index contributed by atoms with van der Waals surface area (Å²) >= 11 is 0. The summed E-state index contributed by atoms with van der Waals surface area (Å²) in [5.41, 5.74) is 1.44. The average molecular weight is 545 g/mol. The number of esters is 2. The van der Waals surface area contributed by atoms with Crippen LogP contribution in [0.5, 0.6) is 11.5 Å². The summed E-state index contributed by atoms with van der Waals surface area (Å²) in [5.74, 6) is 0.928. The Labute approximate surface area is 235 Å². The molecule has 0 saturated heterocycles. The molecule has 0 aliphatic rings. The maximum Gasteiger partial charge on any atom is 0.333 e. The molecule has 0 fully saturated rings. The standard InChI is InChI=1S/C27H28O7.5CH4/c1-4-27(2,3)26(29)34-19-32-24-13-9-21(10-14-24)20-7-11-23(12-8-20)31-18-33-25(28)16-15-22-6-5-17-30-22;;;;;/h5-17H,4,18-19H2,1-3H3;5*1H4. The van der Waals surface area contributed by atoms with E-state index in [1.807, 2.05) is 57.2 Å². The van der Waals surface area contributed by atoms with E-state index in [-0.39, 0.29) is 56.7 Å². The van der Waals surface area contributed by atoms with Gasteiger partial charge in [-0.1, -0.05) is 68.3 Å². The van der Waals surface area contributed by atoms with E-state index in [0.717, 1.165) is 11.1 Å². The fourth-order valence-electron chi connectivity index (χ4n) is 2.72. The van der Waals surface area contributed by atoms with E-state index >= 15 is 0 Å². The Morgan fingerprint density at radius 3 is 1.69 bits per heavy atom. The molecule has 7 heteroatoms. The van der Waals surface area contributed by atoms with E-state index in [4.69, 9.17) is 23.4 Å². The van der Waals surface area contributed by atoms with Crippen molar-refractivity contribution in [3.05, 3.63) is 78.8 Å². The number of hydrogen-bond acceptors (Lipinski definition) is 7. The Kier molecular flexibility index (Phi) is 19.4. The second kappa shape index (κ2) is 19.1. The van der Waals surface area contributed by atoms with E-state index in [1.165, 1.54) is 18.4 Å². The van der Waals surface area contributed by atoms with Crippen LogP contribution < -0.4 is 9.47 Å². The van der Waals surface area contributed by atoms with Crippen molar-refractivity contribution in [3.63, 3.8) is 0 Å². The Bertz CT molecular complexity index is 1080. The highest BCUT2D eigenvalue weighted by atomic mass is 16.7. The Hall–Kier alpha value is -4.00. The number of carbonyl (C=O) groups is 2. The van der Waals surface area contributed by atoms with Crippen molar-refractivity contribution in [2.75, 3.05) is 13.6 Å². The first-order valence-corrected chi connectivity index (χ1v) is 10.9. The second-order valence-corrected chi connectivity index (χ2v) is 8.05. The smallest absolute Gasteiger partial charge is 0.333 e. The molecular weight excluding hydrogens is 496 g/mol. The van der Waals surface area contributed by atoms with E-state index in [9.17, 15) is 9.59 Å². The molecule has 218 valence electrons. The van der Waals surface area contributed by atoms with Gasteiger partial charge in [-0.15, -0.1) is 0 Å². The zero-order chi connectivity index (χ0) is 24.4. The third kappa shape index (κ3) is 12.4. The normalized spacial score (nSPS) is 9.82. The SMILES string of the molecule is C.C.C.C.C.CCC(C)(C)C(=O)OCOc1ccc(-c2ccc(OCOC(=O)C=Cc3ccco3)cc2)cc1. The van der Waals surface area contributed by atoms with Crippen molar-refractivity contribution in [3.8, 4) is 22.6 Å². The highest BCUT2D eigenvalue weighted by Crippen LogP contribution is 2.25. The highest BCUT2D eigenvalue weighted by molar-refractivity contribution is 5.86. The molecule has 0 spiro atoms. The van der Waals surface area contributed by atoms with Gasteiger partial charge in [0.1, 0.15) is 17.3 Å². The van der Waals surface area contributed by atoms with Crippen LogP contribution in [0.3, 0.4) is 0 Å². The maximum absolute atomic E-state index is 12.0. The topological polar surface area (TPSA) is 84.2 Å². The number of carbonyl (C=O) groups excluding carboxylic acids is 2. The fourth-order valence-corrected chi connectivity index (χ4v) is 2.72. The van der Waals surface area contributed by atoms with Crippen LogP contribution >= 0.6 is 0 Å². The Balaban J connectivity index is -0.00000259. The van der Waals surface area contributed by atoms with E-state index < -0.39 is 11.4 Å². The maximum atomic E-state index is 12.0. The lowest BCUT2D eigenvalue weighted by molar-refractivity contribution is -0.160. The zero-order valence-electron chi connectivity index (χ0n) is 19.5. The minimum Gasteiger partial charge on any atom is -0.465 e. The fraction of sp³-hybridized carbons (Fsp3) is 0.375. The number of benzene rings is 2. The summed E-state index contributed by atoms with van der Waals surface area (Å²) in [4.78, 5) is 23.7. The van der Waals surface area contributed by atoms with Gasteiger partial charge >= 0.3 is 11.9 Å². The molecule has 39 heavy (non-hydrogen) atoms. The molecule has 0 unspecified atom stereocenters. The van der Waals surface area contributed by atoms with E-state index in [2.05, 4.69) is 0 Å². The van der Waals surface area contributed by atoms with Crippen molar-refractivity contribution in [2.24, 2.45) is 5.41 Å². The summed E-state index contributed by atoms with van der Waals surface area (Å²) in [5, 5.41) is 0. The molecule has 1 heterocycles. The van der Waals surface area contributed by atoms with Crippen LogP contribution in [0.4, 0.5) is 0 Å². The van der Waals surface area contributed by atoms with Crippen LogP contribution in [0.15, 0.2) is 77.4 Å². The van der Waals surface area contributed by atoms with Gasteiger partial charge in [-0.2, -0.15) is 0 Å². The first-order chi connectivity index (χ1) is 16.4. The molecule has 0 amide bonds. The third-order valence-corrected chi connectivity index (χ3v) is 5.25. The van der Waals surface area contributed by atoms with Crippen molar-refractivity contribution in [1.82, 2.24) is 0 Å². The molecule has 0 atom stereocenters. The van der Waals surface area contributed by atoms with Crippen LogP contribution in [-0.2, 0) is 19.1 Å². The van der Waals surface area contributed by atoms with Gasteiger partial charge in [-0.3, -0.25) is 4.79 Å². The van der Waals surface area contributed by atoms with Crippen LogP contribution in [0.2, 0.25) is 0 Å². The average Bonchev–Trinajstić information content (AvgIpc) is 3.37. The largest absolute Gasteiger partial charge is 0.465 e. The predicted molar refractivity (Wildman–Crippen MR) is 161 cm³/mol. The summed E-state index contributed by atoms with van der Waals surface area (Å²) in [6.07, 6.45) is 5.01. The minimum atomic E-state index is -0.529. The first-order valence-electron chi connectivity index (χ1n) is 10.9. The van der Waals surface area contributed by atoms with Gasteiger partial charge in [0, 0.05) is 6.08 Å². The lowest BCUT2D eigenvalue weighted by Gasteiger charge is -2.20. The van der Waals surface area contributed by atoms with Crippen molar-refractivity contribution in [1.29, 1.82) is 0 Å². The van der Waals surface area contributed by atoms with Crippen molar-refractivity contribution < 1.29 is 33.0 Å². The van der Waals surface area contributed by atoms with Crippen molar-refractivity contribution >= 4 is 18.0 Å². The molecule has 0 bridgehead atoms. The molecule has 0 radical (unpaired) electrons. The van der Waals surface area contributed by atoms with Gasteiger partial charge in [-0.05, 0) is 73.9 Å². The molecular formula is C32H48O7. The van der Waals surface area contributed by atoms with E-state index in [1.54, 1.807) is 24.3 Å². The zero-order valence-corrected chi connectivity index (χ0v) is 19.5. The van der Waals surface area contributed by atoms with Gasteiger partial charge in [0.15, 0.2) is 0 Å². The molecule has 0 saturated carbocycles. The van der Waals surface area contributed by atoms with Crippen molar-refractivity contribution in [2.45, 2.75) is 64.3 Å². The lowest BCUT2D eigenvalue weighted by atomic mass is 9.91. The summed E-state index contributed by atoms with van der Waals surface area (Å²) < 4.78 is 26.3. The quantitative estimate of drug-likeness (QED) is 0.135. The van der Waals surface area contributed by atoms with Gasteiger partial charge in [-0.25, -0.2) is 4.79 Å². The van der Waals surface area contributed by atoms with Crippen LogP contribution in [-0.4, -0.2) is 25.5 Å².